The highest BCUT2D eigenvalue weighted by molar-refractivity contribution is 6.34. The van der Waals surface area contributed by atoms with Gasteiger partial charge in [-0.3, -0.25) is 0 Å². The summed E-state index contributed by atoms with van der Waals surface area (Å²) in [6, 6.07) is 62.1. The van der Waals surface area contributed by atoms with Crippen LogP contribution in [-0.4, -0.2) is 39.6 Å². The average molecular weight is 1110 g/mol. The molecule has 0 saturated heterocycles. The summed E-state index contributed by atoms with van der Waals surface area (Å²) in [4.78, 5) is 0. The molecule has 0 spiro atoms. The average Bonchev–Trinajstić information content (AvgIpc) is 0.931. The van der Waals surface area contributed by atoms with Crippen LogP contribution in [0.5, 0.6) is 34.5 Å². The second-order valence-corrected chi connectivity index (χ2v) is 22.6. The molecule has 420 valence electrons. The Morgan fingerprint density at radius 2 is 0.345 bits per heavy atom. The zero-order chi connectivity index (χ0) is 57.3. The molecule has 0 aliphatic heterocycles. The largest absolute Gasteiger partial charge is 0.489 e. The molecule has 16 aromatic carbocycles. The van der Waals surface area contributed by atoms with E-state index in [0.29, 0.717) is 39.6 Å². The Hall–Kier alpha value is -8.76. The monoisotopic (exact) mass is 1100 g/mol. The van der Waals surface area contributed by atoms with Crippen LogP contribution in [-0.2, 0) is 0 Å². The number of hydrogen-bond donors (Lipinski definition) is 0. The summed E-state index contributed by atoms with van der Waals surface area (Å²) < 4.78 is 41.1. The molecular formula is C78H72O6. The predicted octanol–water partition coefficient (Wildman–Crippen LogP) is 21.4. The molecule has 0 aromatic heterocycles. The van der Waals surface area contributed by atoms with Crippen LogP contribution in [0.2, 0.25) is 0 Å². The van der Waals surface area contributed by atoms with E-state index in [2.05, 4.69) is 187 Å². The lowest BCUT2D eigenvalue weighted by Gasteiger charge is -2.21. The third-order valence-corrected chi connectivity index (χ3v) is 17.0. The standard InChI is InChI=1S/C78H72O6/c1-7-13-43-79-73-61-31-25-49-19-20-51-27-33-63-69-57(51)39-40-59-53(29-35-65(71(59)69)77(83-47-17-11-5)75(63)81-45-15-9-3)23-24-54-30-36-66-72-60(54)42-41-58-52(28-34-64(70(58)72)76(82-46-16-10-4)78(66)84-48-18-12-6)22-21-50-26-32-62(74(73)80-44-14-8-2)68-56(50)38-37-55(49)67(61)68/h25-42H,7-18,43-48H2,1-6H3. The molecule has 0 fully saturated rings. The van der Waals surface area contributed by atoms with Crippen LogP contribution >= 0.6 is 0 Å². The molecule has 0 unspecified atom stereocenters. The third-order valence-electron chi connectivity index (χ3n) is 17.0. The topological polar surface area (TPSA) is 55.4 Å². The van der Waals surface area contributed by atoms with E-state index in [0.717, 1.165) is 241 Å². The first-order valence-electron chi connectivity index (χ1n) is 31.1. The first-order valence-corrected chi connectivity index (χ1v) is 31.1. The van der Waals surface area contributed by atoms with Crippen LogP contribution in [0.15, 0.2) is 109 Å². The molecule has 0 radical (unpaired) electrons. The number of hydrogen-bond acceptors (Lipinski definition) is 6. The normalized spacial score (nSPS) is 11.8. The van der Waals surface area contributed by atoms with Crippen molar-refractivity contribution in [2.45, 2.75) is 119 Å². The van der Waals surface area contributed by atoms with Crippen LogP contribution in [0.1, 0.15) is 119 Å². The van der Waals surface area contributed by atoms with Crippen LogP contribution in [0, 0.1) is 36.4 Å². The number of benzene rings is 12. The van der Waals surface area contributed by atoms with Gasteiger partial charge in [0, 0.05) is 97.0 Å². The van der Waals surface area contributed by atoms with Gasteiger partial charge in [-0.15, -0.1) is 0 Å². The fraction of sp³-hybridized carbons (Fsp3) is 0.308. The SMILES string of the molecule is CCCCOc1c(OCCCC)c2ccc3c#cc4ccc5c(OCCCC)c(OCCCC)c6ccc(c#cc7ccc8c(OCCCC)c(OCCCC)c9ccc(c#cc%10ccc1c1c%10ccc3c21)c1ccc7c8c91)c1ccc4c5c61. The van der Waals surface area contributed by atoms with Gasteiger partial charge < -0.3 is 28.4 Å². The highest BCUT2D eigenvalue weighted by atomic mass is 16.5. The maximum Gasteiger partial charge on any atom is 0.169 e. The lowest BCUT2D eigenvalue weighted by atomic mass is 9.90. The fourth-order valence-electron chi connectivity index (χ4n) is 12.6. The first kappa shape index (κ1) is 54.5. The summed E-state index contributed by atoms with van der Waals surface area (Å²) >= 11 is 0. The minimum atomic E-state index is 0.588. The van der Waals surface area contributed by atoms with E-state index in [4.69, 9.17) is 28.4 Å². The Labute approximate surface area is 493 Å². The molecule has 0 saturated carbocycles. The molecular weight excluding hydrogens is 1030 g/mol. The van der Waals surface area contributed by atoms with Gasteiger partial charge in [0.25, 0.3) is 0 Å². The summed E-state index contributed by atoms with van der Waals surface area (Å²) in [7, 11) is 0. The van der Waals surface area contributed by atoms with Crippen molar-refractivity contribution in [1.82, 2.24) is 0 Å². The van der Waals surface area contributed by atoms with Gasteiger partial charge in [0.05, 0.1) is 39.6 Å². The van der Waals surface area contributed by atoms with Crippen molar-refractivity contribution in [3.05, 3.63) is 146 Å². The zero-order valence-corrected chi connectivity index (χ0v) is 49.6. The van der Waals surface area contributed by atoms with Crippen LogP contribution in [0.4, 0.5) is 0 Å². The van der Waals surface area contributed by atoms with Crippen molar-refractivity contribution in [3.63, 3.8) is 0 Å². The van der Waals surface area contributed by atoms with E-state index in [1.165, 1.54) is 0 Å². The first-order chi connectivity index (χ1) is 41.5. The van der Waals surface area contributed by atoms with Crippen molar-refractivity contribution >= 4 is 129 Å². The summed E-state index contributed by atoms with van der Waals surface area (Å²) in [6.45, 7) is 16.7. The summed E-state index contributed by atoms with van der Waals surface area (Å²) in [6.07, 6.45) is 11.7. The van der Waals surface area contributed by atoms with E-state index in [-0.39, 0.29) is 0 Å². The quantitative estimate of drug-likeness (QED) is 0.0444. The maximum atomic E-state index is 6.85. The van der Waals surface area contributed by atoms with Gasteiger partial charge in [0.15, 0.2) is 34.5 Å². The van der Waals surface area contributed by atoms with Gasteiger partial charge in [-0.05, 0) is 144 Å². The zero-order valence-electron chi connectivity index (χ0n) is 49.6. The van der Waals surface area contributed by atoms with Gasteiger partial charge in [-0.25, -0.2) is 0 Å². The summed E-state index contributed by atoms with van der Waals surface area (Å²) in [5.74, 6) is 4.73. The molecule has 0 aliphatic rings. The lowest BCUT2D eigenvalue weighted by molar-refractivity contribution is 0.267. The molecule has 0 atom stereocenters. The Morgan fingerprint density at radius 3 is 0.488 bits per heavy atom. The van der Waals surface area contributed by atoms with Crippen molar-refractivity contribution in [2.75, 3.05) is 39.6 Å². The molecule has 18 bridgehead atoms. The molecule has 0 aliphatic carbocycles. The number of rotatable bonds is 24. The number of ether oxygens (including phenoxy) is 6. The fourth-order valence-corrected chi connectivity index (χ4v) is 12.6. The van der Waals surface area contributed by atoms with Gasteiger partial charge in [-0.1, -0.05) is 153 Å². The Bertz CT molecular complexity index is 3890. The third kappa shape index (κ3) is 9.44. The van der Waals surface area contributed by atoms with Gasteiger partial charge in [0.1, 0.15) is 0 Å². The molecule has 0 amide bonds. The van der Waals surface area contributed by atoms with Gasteiger partial charge in [-0.2, -0.15) is 0 Å². The van der Waals surface area contributed by atoms with Gasteiger partial charge in [0.2, 0.25) is 0 Å². The van der Waals surface area contributed by atoms with Crippen molar-refractivity contribution in [2.24, 2.45) is 0 Å². The highest BCUT2D eigenvalue weighted by Crippen LogP contribution is 2.52. The minimum absolute atomic E-state index is 0.588. The Kier molecular flexibility index (Phi) is 15.5. The van der Waals surface area contributed by atoms with Crippen LogP contribution < -0.4 is 28.4 Å². The molecule has 84 heavy (non-hydrogen) atoms. The van der Waals surface area contributed by atoms with Crippen molar-refractivity contribution in [1.29, 1.82) is 0 Å². The van der Waals surface area contributed by atoms with E-state index >= 15 is 0 Å². The highest BCUT2D eigenvalue weighted by Gasteiger charge is 2.25. The number of unbranched alkanes of at least 4 members (excludes halogenated alkanes) is 6. The van der Waals surface area contributed by atoms with Crippen molar-refractivity contribution in [3.8, 4) is 34.5 Å². The molecule has 16 rings (SSSR count). The summed E-state index contributed by atoms with van der Waals surface area (Å²) in [5, 5.41) is 24.6. The molecule has 0 heterocycles. The summed E-state index contributed by atoms with van der Waals surface area (Å²) in [5.41, 5.74) is 0. The minimum Gasteiger partial charge on any atom is -0.489 e. The smallest absolute Gasteiger partial charge is 0.169 e. The van der Waals surface area contributed by atoms with E-state index in [1.807, 2.05) is 0 Å². The second-order valence-electron chi connectivity index (χ2n) is 22.6. The van der Waals surface area contributed by atoms with E-state index < -0.39 is 0 Å². The Balaban J connectivity index is 1.19. The van der Waals surface area contributed by atoms with Crippen LogP contribution in [0.3, 0.4) is 0 Å². The van der Waals surface area contributed by atoms with Gasteiger partial charge >= 0.3 is 0 Å². The van der Waals surface area contributed by atoms with Crippen molar-refractivity contribution < 1.29 is 28.4 Å². The molecule has 6 heteroatoms. The van der Waals surface area contributed by atoms with E-state index in [9.17, 15) is 0 Å². The molecule has 16 aromatic rings. The second kappa shape index (κ2) is 23.8. The molecule has 6 nitrogen and oxygen atoms in total. The lowest BCUT2D eigenvalue weighted by Crippen LogP contribution is -2.04. The Morgan fingerprint density at radius 1 is 0.202 bits per heavy atom. The van der Waals surface area contributed by atoms with E-state index in [1.54, 1.807) is 0 Å². The maximum absolute atomic E-state index is 6.85. The molecule has 0 N–H and O–H groups in total. The predicted molar refractivity (Wildman–Crippen MR) is 352 cm³/mol. The van der Waals surface area contributed by atoms with Crippen LogP contribution in [0.25, 0.3) is 129 Å².